The Kier molecular flexibility index (Phi) is 5.82. The largest absolute Gasteiger partial charge is 0.486 e. The van der Waals surface area contributed by atoms with E-state index in [1.165, 1.54) is 4.88 Å². The van der Waals surface area contributed by atoms with Gasteiger partial charge in [0.25, 0.3) is 0 Å². The summed E-state index contributed by atoms with van der Waals surface area (Å²) in [5, 5.41) is 15.5. The molecule has 3 atom stereocenters. The number of aliphatic hydroxyl groups excluding tert-OH is 1. The van der Waals surface area contributed by atoms with E-state index in [-0.39, 0.29) is 18.1 Å². The van der Waals surface area contributed by atoms with Crippen molar-refractivity contribution in [1.82, 2.24) is 10.3 Å². The van der Waals surface area contributed by atoms with Gasteiger partial charge in [0.05, 0.1) is 12.2 Å². The Morgan fingerprint density at radius 1 is 1.38 bits per heavy atom. The van der Waals surface area contributed by atoms with Gasteiger partial charge in [-0.05, 0) is 49.3 Å². The van der Waals surface area contributed by atoms with Crippen molar-refractivity contribution in [3.05, 3.63) is 46.9 Å². The number of nitrogens with one attached hydrogen (secondary N) is 1. The van der Waals surface area contributed by atoms with Crippen LogP contribution in [0.3, 0.4) is 0 Å². The first-order chi connectivity index (χ1) is 11.7. The van der Waals surface area contributed by atoms with Crippen molar-refractivity contribution >= 4 is 17.2 Å². The Bertz CT molecular complexity index is 633. The Morgan fingerprint density at radius 2 is 2.29 bits per heavy atom. The summed E-state index contributed by atoms with van der Waals surface area (Å²) >= 11 is 1.66. The maximum atomic E-state index is 12.1. The number of pyridine rings is 1. The topological polar surface area (TPSA) is 71.5 Å². The highest BCUT2D eigenvalue weighted by Crippen LogP contribution is 2.24. The van der Waals surface area contributed by atoms with Crippen molar-refractivity contribution in [2.24, 2.45) is 0 Å². The fraction of sp³-hybridized carbons (Fsp3) is 0.444. The summed E-state index contributed by atoms with van der Waals surface area (Å²) < 4.78 is 5.84. The Balaban J connectivity index is 1.50. The van der Waals surface area contributed by atoms with E-state index in [9.17, 15) is 9.90 Å². The molecule has 0 bridgehead atoms. The van der Waals surface area contributed by atoms with Gasteiger partial charge in [-0.25, -0.2) is 0 Å². The van der Waals surface area contributed by atoms with Gasteiger partial charge in [-0.2, -0.15) is 0 Å². The molecule has 2 aromatic heterocycles. The van der Waals surface area contributed by atoms with Crippen LogP contribution in [0.25, 0.3) is 0 Å². The third kappa shape index (κ3) is 4.55. The van der Waals surface area contributed by atoms with Crippen molar-refractivity contribution in [2.75, 3.05) is 0 Å². The molecule has 0 radical (unpaired) electrons. The second kappa shape index (κ2) is 8.26. The van der Waals surface area contributed by atoms with E-state index in [1.807, 2.05) is 23.6 Å². The number of amides is 1. The lowest BCUT2D eigenvalue weighted by atomic mass is 9.89. The third-order valence-electron chi connectivity index (χ3n) is 4.24. The van der Waals surface area contributed by atoms with E-state index < -0.39 is 6.10 Å². The summed E-state index contributed by atoms with van der Waals surface area (Å²) in [5.41, 5.74) is 0. The first kappa shape index (κ1) is 16.9. The molecule has 1 aliphatic rings. The highest BCUT2D eigenvalue weighted by atomic mass is 32.1. The molecule has 6 heteroatoms. The van der Waals surface area contributed by atoms with E-state index in [0.29, 0.717) is 12.2 Å². The second-order valence-electron chi connectivity index (χ2n) is 6.02. The maximum Gasteiger partial charge on any atom is 0.220 e. The molecule has 1 aliphatic carbocycles. The number of rotatable bonds is 6. The molecule has 0 aliphatic heterocycles. The zero-order valence-electron chi connectivity index (χ0n) is 13.4. The molecular formula is C18H22N2O3S. The number of carbonyl (C=O) groups is 1. The van der Waals surface area contributed by atoms with Gasteiger partial charge in [0, 0.05) is 17.5 Å². The minimum Gasteiger partial charge on any atom is -0.486 e. The molecular weight excluding hydrogens is 324 g/mol. The maximum absolute atomic E-state index is 12.1. The summed E-state index contributed by atoms with van der Waals surface area (Å²) in [6.45, 7) is 0. The Hall–Kier alpha value is -1.92. The van der Waals surface area contributed by atoms with Crippen LogP contribution in [0.5, 0.6) is 5.75 Å². The summed E-state index contributed by atoms with van der Waals surface area (Å²) in [5.74, 6) is 0.626. The SMILES string of the molecule is O=C(CCc1cccs1)N[C@@H]1CCC[C@@H](Oc2cccnc2)[C@@H]1O. The van der Waals surface area contributed by atoms with E-state index >= 15 is 0 Å². The van der Waals surface area contributed by atoms with Crippen molar-refractivity contribution in [3.8, 4) is 5.75 Å². The van der Waals surface area contributed by atoms with Gasteiger partial charge in [0.1, 0.15) is 18.0 Å². The first-order valence-corrected chi connectivity index (χ1v) is 9.17. The molecule has 1 fully saturated rings. The van der Waals surface area contributed by atoms with Crippen molar-refractivity contribution in [2.45, 2.75) is 50.4 Å². The van der Waals surface area contributed by atoms with E-state index in [4.69, 9.17) is 4.74 Å². The molecule has 2 N–H and O–H groups in total. The number of thiophene rings is 1. The molecule has 128 valence electrons. The predicted molar refractivity (Wildman–Crippen MR) is 93.1 cm³/mol. The van der Waals surface area contributed by atoms with Gasteiger partial charge in [-0.3, -0.25) is 9.78 Å². The van der Waals surface area contributed by atoms with Crippen molar-refractivity contribution in [3.63, 3.8) is 0 Å². The number of carbonyl (C=O) groups excluding carboxylic acids is 1. The summed E-state index contributed by atoms with van der Waals surface area (Å²) in [6.07, 6.45) is 5.94. The molecule has 0 spiro atoms. The third-order valence-corrected chi connectivity index (χ3v) is 5.18. The van der Waals surface area contributed by atoms with Gasteiger partial charge in [-0.1, -0.05) is 6.07 Å². The monoisotopic (exact) mass is 346 g/mol. The van der Waals surface area contributed by atoms with Gasteiger partial charge in [0.15, 0.2) is 0 Å². The van der Waals surface area contributed by atoms with Crippen LogP contribution in [0.1, 0.15) is 30.6 Å². The van der Waals surface area contributed by atoms with Crippen LogP contribution < -0.4 is 10.1 Å². The van der Waals surface area contributed by atoms with Crippen LogP contribution in [0.2, 0.25) is 0 Å². The molecule has 3 rings (SSSR count). The highest BCUT2D eigenvalue weighted by molar-refractivity contribution is 7.09. The van der Waals surface area contributed by atoms with Crippen molar-refractivity contribution in [1.29, 1.82) is 0 Å². The number of ether oxygens (including phenoxy) is 1. The normalized spacial score (nSPS) is 23.6. The molecule has 0 unspecified atom stereocenters. The molecule has 1 saturated carbocycles. The van der Waals surface area contributed by atoms with Crippen LogP contribution in [0.4, 0.5) is 0 Å². The van der Waals surface area contributed by atoms with Crippen LogP contribution in [-0.4, -0.2) is 34.2 Å². The van der Waals surface area contributed by atoms with E-state index in [1.54, 1.807) is 29.8 Å². The molecule has 1 amide bonds. The average Bonchev–Trinajstić information content (AvgIpc) is 3.11. The fourth-order valence-electron chi connectivity index (χ4n) is 2.99. The molecule has 2 heterocycles. The number of hydrogen-bond acceptors (Lipinski definition) is 5. The fourth-order valence-corrected chi connectivity index (χ4v) is 3.70. The second-order valence-corrected chi connectivity index (χ2v) is 7.05. The minimum absolute atomic E-state index is 0.0190. The zero-order chi connectivity index (χ0) is 16.8. The lowest BCUT2D eigenvalue weighted by molar-refractivity contribution is -0.124. The summed E-state index contributed by atoms with van der Waals surface area (Å²) in [4.78, 5) is 17.4. The number of aliphatic hydroxyl groups is 1. The van der Waals surface area contributed by atoms with Gasteiger partial charge < -0.3 is 15.2 Å². The van der Waals surface area contributed by atoms with Crippen LogP contribution in [0, 0.1) is 0 Å². The number of nitrogens with zero attached hydrogens (tertiary/aromatic N) is 1. The molecule has 24 heavy (non-hydrogen) atoms. The molecule has 5 nitrogen and oxygen atoms in total. The number of aryl methyl sites for hydroxylation is 1. The minimum atomic E-state index is -0.704. The Morgan fingerprint density at radius 3 is 3.04 bits per heavy atom. The van der Waals surface area contributed by atoms with E-state index in [0.717, 1.165) is 25.7 Å². The molecule has 0 aromatic carbocycles. The summed E-state index contributed by atoms with van der Waals surface area (Å²) in [7, 11) is 0. The first-order valence-electron chi connectivity index (χ1n) is 8.29. The number of aromatic nitrogens is 1. The number of hydrogen-bond donors (Lipinski definition) is 2. The van der Waals surface area contributed by atoms with Crippen LogP contribution >= 0.6 is 11.3 Å². The van der Waals surface area contributed by atoms with Crippen LogP contribution in [-0.2, 0) is 11.2 Å². The van der Waals surface area contributed by atoms with Gasteiger partial charge >= 0.3 is 0 Å². The van der Waals surface area contributed by atoms with Gasteiger partial charge in [0.2, 0.25) is 5.91 Å². The smallest absolute Gasteiger partial charge is 0.220 e. The van der Waals surface area contributed by atoms with Crippen LogP contribution in [0.15, 0.2) is 42.0 Å². The van der Waals surface area contributed by atoms with Gasteiger partial charge in [-0.15, -0.1) is 11.3 Å². The summed E-state index contributed by atoms with van der Waals surface area (Å²) in [6, 6.07) is 7.39. The highest BCUT2D eigenvalue weighted by Gasteiger charge is 2.34. The quantitative estimate of drug-likeness (QED) is 0.843. The zero-order valence-corrected chi connectivity index (χ0v) is 14.2. The standard InChI is InChI=1S/C18H22N2O3S/c21-17(9-8-14-5-3-11-24-14)20-15-6-1-7-16(18(15)22)23-13-4-2-10-19-12-13/h2-5,10-12,15-16,18,22H,1,6-9H2,(H,20,21)/t15-,16-,18-/m1/s1. The predicted octanol–water partition coefficient (Wildman–Crippen LogP) is 2.55. The van der Waals surface area contributed by atoms with E-state index in [2.05, 4.69) is 10.3 Å². The molecule has 0 saturated heterocycles. The lowest BCUT2D eigenvalue weighted by Gasteiger charge is -2.35. The average molecular weight is 346 g/mol. The van der Waals surface area contributed by atoms with Crippen molar-refractivity contribution < 1.29 is 14.6 Å². The molecule has 2 aromatic rings. The Labute approximate surface area is 145 Å². The lowest BCUT2D eigenvalue weighted by Crippen LogP contribution is -2.52.